The van der Waals surface area contributed by atoms with Crippen LogP contribution >= 0.6 is 28.1 Å². The number of rotatable bonds is 5. The number of thiocarbonyl (C=S) groups is 1. The van der Waals surface area contributed by atoms with Gasteiger partial charge in [-0.3, -0.25) is 0 Å². The van der Waals surface area contributed by atoms with Crippen LogP contribution in [-0.2, 0) is 6.54 Å². The van der Waals surface area contributed by atoms with Crippen LogP contribution in [0, 0.1) is 0 Å². The molecule has 2 N–H and O–H groups in total. The molecule has 0 saturated carbocycles. The Kier molecular flexibility index (Phi) is 6.29. The largest absolute Gasteiger partial charge is 0.495 e. The van der Waals surface area contributed by atoms with Crippen LogP contribution in [0.15, 0.2) is 87.5 Å². The fraction of sp³-hybridized carbons (Fsp3) is 0.0870. The summed E-state index contributed by atoms with van der Waals surface area (Å²) in [6.45, 7) is 0.504. The minimum absolute atomic E-state index is 0.0285. The number of nitrogens with one attached hydrogen (secondary N) is 1. The minimum Gasteiger partial charge on any atom is -0.495 e. The summed E-state index contributed by atoms with van der Waals surface area (Å²) in [7, 11) is 1.59. The van der Waals surface area contributed by atoms with Crippen molar-refractivity contribution >= 4 is 55.5 Å². The van der Waals surface area contributed by atoms with Gasteiger partial charge in [-0.1, -0.05) is 58.4 Å². The van der Waals surface area contributed by atoms with Gasteiger partial charge in [0.25, 0.3) is 0 Å². The molecule has 0 unspecified atom stereocenters. The Morgan fingerprint density at radius 1 is 1.10 bits per heavy atom. The number of halogens is 1. The molecular formula is C23H19BrN4O2S. The number of anilines is 1. The Balaban J connectivity index is 1.67. The van der Waals surface area contributed by atoms with Crippen LogP contribution in [-0.4, -0.2) is 21.9 Å². The summed E-state index contributed by atoms with van der Waals surface area (Å²) in [5.74, 6) is 0.673. The zero-order valence-corrected chi connectivity index (χ0v) is 19.0. The van der Waals surface area contributed by atoms with Crippen molar-refractivity contribution in [1.82, 2.24) is 4.57 Å². The van der Waals surface area contributed by atoms with Gasteiger partial charge in [-0.15, -0.1) is 10.2 Å². The van der Waals surface area contributed by atoms with Crippen molar-refractivity contribution in [2.75, 3.05) is 12.4 Å². The van der Waals surface area contributed by atoms with Crippen molar-refractivity contribution in [3.05, 3.63) is 82.8 Å². The smallest absolute Gasteiger partial charge is 0.221 e. The van der Waals surface area contributed by atoms with Gasteiger partial charge in [0, 0.05) is 9.86 Å². The van der Waals surface area contributed by atoms with Gasteiger partial charge in [-0.25, -0.2) is 0 Å². The summed E-state index contributed by atoms with van der Waals surface area (Å²) in [4.78, 5) is 0. The third-order valence-electron chi connectivity index (χ3n) is 4.74. The SMILES string of the molecule is COc1ccccc1NC(=S)N=Nc1c(O)n(Cc2ccccc2)c2ccc(Br)cc12. The molecule has 4 rings (SSSR count). The molecule has 4 aromatic rings. The fourth-order valence-electron chi connectivity index (χ4n) is 3.30. The van der Waals surface area contributed by atoms with Gasteiger partial charge in [-0.2, -0.15) is 0 Å². The van der Waals surface area contributed by atoms with Crippen LogP contribution < -0.4 is 10.1 Å². The number of nitrogens with zero attached hydrogens (tertiary/aromatic N) is 3. The molecule has 0 fully saturated rings. The Morgan fingerprint density at radius 3 is 2.61 bits per heavy atom. The highest BCUT2D eigenvalue weighted by Gasteiger charge is 2.17. The van der Waals surface area contributed by atoms with Gasteiger partial charge in [-0.05, 0) is 48.1 Å². The summed E-state index contributed by atoms with van der Waals surface area (Å²) in [6, 6.07) is 23.1. The van der Waals surface area contributed by atoms with Gasteiger partial charge >= 0.3 is 0 Å². The molecule has 3 aromatic carbocycles. The van der Waals surface area contributed by atoms with E-state index < -0.39 is 0 Å². The number of aromatic nitrogens is 1. The molecule has 6 nitrogen and oxygen atoms in total. The number of fused-ring (bicyclic) bond motifs is 1. The van der Waals surface area contributed by atoms with Crippen LogP contribution in [0.5, 0.6) is 11.6 Å². The number of hydrogen-bond donors (Lipinski definition) is 2. The average molecular weight is 495 g/mol. The Labute approximate surface area is 193 Å². The maximum Gasteiger partial charge on any atom is 0.221 e. The number of benzene rings is 3. The molecule has 0 saturated heterocycles. The van der Waals surface area contributed by atoms with Crippen LogP contribution in [0.4, 0.5) is 11.4 Å². The molecule has 0 aliphatic heterocycles. The molecule has 0 amide bonds. The molecule has 0 bridgehead atoms. The van der Waals surface area contributed by atoms with Crippen molar-refractivity contribution in [3.8, 4) is 11.6 Å². The van der Waals surface area contributed by atoms with E-state index in [-0.39, 0.29) is 11.0 Å². The molecule has 0 aliphatic carbocycles. The van der Waals surface area contributed by atoms with Crippen LogP contribution in [0.2, 0.25) is 0 Å². The fourth-order valence-corrected chi connectivity index (χ4v) is 3.82. The molecule has 0 aliphatic rings. The standard InChI is InChI=1S/C23H19BrN4O2S/c1-30-20-10-6-5-9-18(20)25-23(31)27-26-21-17-13-16(24)11-12-19(17)28(22(21)29)14-15-7-3-2-4-8-15/h2-13,29H,14H2,1H3,(H,25,31). The lowest BCUT2D eigenvalue weighted by Gasteiger charge is -2.08. The van der Waals surface area contributed by atoms with Crippen molar-refractivity contribution < 1.29 is 9.84 Å². The normalized spacial score (nSPS) is 11.2. The maximum atomic E-state index is 11.0. The molecule has 156 valence electrons. The maximum absolute atomic E-state index is 11.0. The summed E-state index contributed by atoms with van der Waals surface area (Å²) < 4.78 is 8.00. The van der Waals surface area contributed by atoms with E-state index in [2.05, 4.69) is 31.5 Å². The second-order valence-corrected chi connectivity index (χ2v) is 8.04. The number of aromatic hydroxyl groups is 1. The van der Waals surface area contributed by atoms with Gasteiger partial charge in [0.2, 0.25) is 11.0 Å². The van der Waals surface area contributed by atoms with Gasteiger partial charge in [0.05, 0.1) is 24.9 Å². The molecule has 0 radical (unpaired) electrons. The lowest BCUT2D eigenvalue weighted by Crippen LogP contribution is -2.06. The Morgan fingerprint density at radius 2 is 1.84 bits per heavy atom. The summed E-state index contributed by atoms with van der Waals surface area (Å²) in [5, 5.41) is 23.3. The number of methoxy groups -OCH3 is 1. The highest BCUT2D eigenvalue weighted by molar-refractivity contribution is 9.10. The summed E-state index contributed by atoms with van der Waals surface area (Å²) in [5.41, 5.74) is 2.96. The topological polar surface area (TPSA) is 71.1 Å². The van der Waals surface area contributed by atoms with Crippen LogP contribution in [0.3, 0.4) is 0 Å². The third kappa shape index (κ3) is 4.60. The predicted octanol–water partition coefficient (Wildman–Crippen LogP) is 6.65. The number of azo groups is 1. The van der Waals surface area contributed by atoms with E-state index >= 15 is 0 Å². The van der Waals surface area contributed by atoms with E-state index in [1.165, 1.54) is 0 Å². The monoisotopic (exact) mass is 494 g/mol. The first-order valence-corrected chi connectivity index (χ1v) is 10.7. The Bertz CT molecular complexity index is 1270. The number of hydrogen-bond acceptors (Lipinski definition) is 4. The van der Waals surface area contributed by atoms with Gasteiger partial charge in [0.15, 0.2) is 5.69 Å². The van der Waals surface area contributed by atoms with Crippen LogP contribution in [0.25, 0.3) is 10.9 Å². The quantitative estimate of drug-likeness (QED) is 0.240. The lowest BCUT2D eigenvalue weighted by atomic mass is 10.2. The molecular weight excluding hydrogens is 476 g/mol. The molecule has 0 spiro atoms. The van der Waals surface area contributed by atoms with Crippen molar-refractivity contribution in [2.45, 2.75) is 6.54 Å². The lowest BCUT2D eigenvalue weighted by molar-refractivity contribution is 0.417. The van der Waals surface area contributed by atoms with E-state index in [0.29, 0.717) is 23.7 Å². The van der Waals surface area contributed by atoms with E-state index in [1.807, 2.05) is 77.4 Å². The van der Waals surface area contributed by atoms with Crippen molar-refractivity contribution in [2.24, 2.45) is 10.2 Å². The zero-order valence-electron chi connectivity index (χ0n) is 16.6. The highest BCUT2D eigenvalue weighted by atomic mass is 79.9. The third-order valence-corrected chi connectivity index (χ3v) is 5.42. The second kappa shape index (κ2) is 9.28. The average Bonchev–Trinajstić information content (AvgIpc) is 3.03. The van der Waals surface area contributed by atoms with Crippen LogP contribution in [0.1, 0.15) is 5.56 Å². The highest BCUT2D eigenvalue weighted by Crippen LogP contribution is 2.40. The van der Waals surface area contributed by atoms with Crippen molar-refractivity contribution in [1.29, 1.82) is 0 Å². The summed E-state index contributed by atoms with van der Waals surface area (Å²) in [6.07, 6.45) is 0. The molecule has 1 heterocycles. The molecule has 8 heteroatoms. The molecule has 1 aromatic heterocycles. The van der Waals surface area contributed by atoms with E-state index in [0.717, 1.165) is 20.9 Å². The van der Waals surface area contributed by atoms with Crippen molar-refractivity contribution in [3.63, 3.8) is 0 Å². The zero-order chi connectivity index (χ0) is 21.8. The van der Waals surface area contributed by atoms with E-state index in [4.69, 9.17) is 17.0 Å². The first kappa shape index (κ1) is 21.0. The van der Waals surface area contributed by atoms with Gasteiger partial charge in [0.1, 0.15) is 5.75 Å². The number of ether oxygens (including phenoxy) is 1. The Hall–Kier alpha value is -3.23. The second-order valence-electron chi connectivity index (χ2n) is 6.74. The first-order valence-electron chi connectivity index (χ1n) is 9.47. The van der Waals surface area contributed by atoms with E-state index in [9.17, 15) is 5.11 Å². The molecule has 31 heavy (non-hydrogen) atoms. The predicted molar refractivity (Wildman–Crippen MR) is 131 cm³/mol. The van der Waals surface area contributed by atoms with Gasteiger partial charge < -0.3 is 19.7 Å². The minimum atomic E-state index is 0.0285. The molecule has 0 atom stereocenters. The first-order chi connectivity index (χ1) is 15.1. The number of para-hydroxylation sites is 2. The summed E-state index contributed by atoms with van der Waals surface area (Å²) >= 11 is 8.81. The van der Waals surface area contributed by atoms with E-state index in [1.54, 1.807) is 7.11 Å².